The number of fused-ring (bicyclic) bond motifs is 9. The summed E-state index contributed by atoms with van der Waals surface area (Å²) in [5.41, 5.74) is 16.8. The van der Waals surface area contributed by atoms with Gasteiger partial charge in [0.2, 0.25) is 0 Å². The molecule has 13 aromatic rings. The zero-order chi connectivity index (χ0) is 42.1. The molecule has 2 heterocycles. The predicted octanol–water partition coefficient (Wildman–Crippen LogP) is 16.9. The molecule has 2 heteroatoms. The molecule has 0 fully saturated rings. The van der Waals surface area contributed by atoms with Crippen molar-refractivity contribution in [1.29, 1.82) is 0 Å². The zero-order valence-corrected chi connectivity index (χ0v) is 35.0. The van der Waals surface area contributed by atoms with Crippen molar-refractivity contribution in [2.75, 3.05) is 0 Å². The van der Waals surface area contributed by atoms with Crippen LogP contribution in [0.1, 0.15) is 0 Å². The van der Waals surface area contributed by atoms with E-state index in [2.05, 4.69) is 252 Å². The van der Waals surface area contributed by atoms with Crippen LogP contribution in [0.25, 0.3) is 121 Å². The van der Waals surface area contributed by atoms with Crippen molar-refractivity contribution in [3.8, 4) is 55.9 Å². The Morgan fingerprint density at radius 1 is 0.188 bits per heavy atom. The smallest absolute Gasteiger partial charge is 0.0547 e. The lowest BCUT2D eigenvalue weighted by Gasteiger charge is -2.12. The first-order chi connectivity index (χ1) is 31.7. The molecule has 13 rings (SSSR count). The second kappa shape index (κ2) is 14.6. The van der Waals surface area contributed by atoms with E-state index < -0.39 is 0 Å². The molecule has 0 bridgehead atoms. The quantitative estimate of drug-likeness (QED) is 0.148. The third-order valence-electron chi connectivity index (χ3n) is 13.3. The molecule has 0 saturated heterocycles. The number of hydrogen-bond donors (Lipinski definition) is 0. The number of hydrogen-bond acceptors (Lipinski definition) is 0. The fourth-order valence-corrected chi connectivity index (χ4v) is 10.2. The lowest BCUT2D eigenvalue weighted by molar-refractivity contribution is 1.18. The second-order valence-corrected chi connectivity index (χ2v) is 16.9. The first-order valence-electron chi connectivity index (χ1n) is 22.1. The maximum Gasteiger partial charge on any atom is 0.0547 e. The monoisotopic (exact) mass is 812 g/mol. The first-order valence-corrected chi connectivity index (χ1v) is 22.1. The number of benzene rings is 11. The van der Waals surface area contributed by atoms with E-state index in [-0.39, 0.29) is 0 Å². The Labute approximate surface area is 371 Å². The molecule has 0 saturated carbocycles. The maximum atomic E-state index is 2.39. The standard InChI is InChI=1S/C62H40N2/c1-3-17-51(18-4-1)63-59-23-9-7-21-53(59)55-33-31-49(39-61(55)63)45-15-11-13-43(35-45)47-29-27-41-25-26-42-28-30-48(38-58(42)57(41)37-47)44-14-12-16-46(36-44)50-32-34-56-54-22-8-10-24-60(54)64(62(56)40-50)52-19-5-2-6-20-52/h1-40H. The van der Waals surface area contributed by atoms with Crippen LogP contribution in [0.2, 0.25) is 0 Å². The summed E-state index contributed by atoms with van der Waals surface area (Å²) in [4.78, 5) is 0. The van der Waals surface area contributed by atoms with E-state index in [1.54, 1.807) is 0 Å². The van der Waals surface area contributed by atoms with Crippen LogP contribution in [-0.4, -0.2) is 9.13 Å². The third kappa shape index (κ3) is 5.88. The van der Waals surface area contributed by atoms with Gasteiger partial charge in [-0.2, -0.15) is 0 Å². The van der Waals surface area contributed by atoms with E-state index in [9.17, 15) is 0 Å². The van der Waals surface area contributed by atoms with Gasteiger partial charge < -0.3 is 9.13 Å². The minimum absolute atomic E-state index is 1.17. The normalized spacial score (nSPS) is 11.8. The van der Waals surface area contributed by atoms with E-state index >= 15 is 0 Å². The minimum atomic E-state index is 1.17. The Hall–Kier alpha value is -8.46. The van der Waals surface area contributed by atoms with Crippen LogP contribution in [0.4, 0.5) is 0 Å². The average molecular weight is 813 g/mol. The van der Waals surface area contributed by atoms with Crippen LogP contribution in [0.3, 0.4) is 0 Å². The Bertz CT molecular complexity index is 3690. The molecule has 2 aromatic heterocycles. The highest BCUT2D eigenvalue weighted by molar-refractivity contribution is 6.12. The molecule has 2 nitrogen and oxygen atoms in total. The van der Waals surface area contributed by atoms with Crippen molar-refractivity contribution in [2.45, 2.75) is 0 Å². The molecule has 0 unspecified atom stereocenters. The number of rotatable bonds is 6. The summed E-state index contributed by atoms with van der Waals surface area (Å²) in [5.74, 6) is 0. The van der Waals surface area contributed by atoms with E-state index in [0.717, 1.165) is 0 Å². The van der Waals surface area contributed by atoms with Crippen molar-refractivity contribution in [2.24, 2.45) is 0 Å². The Kier molecular flexibility index (Phi) is 8.25. The fraction of sp³-hybridized carbons (Fsp3) is 0. The zero-order valence-electron chi connectivity index (χ0n) is 35.0. The molecule has 11 aromatic carbocycles. The molecule has 298 valence electrons. The lowest BCUT2D eigenvalue weighted by Crippen LogP contribution is -1.93. The van der Waals surface area contributed by atoms with Gasteiger partial charge in [0.15, 0.2) is 0 Å². The SMILES string of the molecule is c1ccc(-n2c3ccccc3c3ccc(-c4cccc(-c5ccc6ccc7ccc(-c8cccc(-c9ccc%10c%11ccccc%11n(-c%11ccccc%11)c%10c9)c8)cc7c6c5)c4)cc32)cc1. The van der Waals surface area contributed by atoms with E-state index in [1.807, 2.05) is 0 Å². The Morgan fingerprint density at radius 3 is 0.953 bits per heavy atom. The summed E-state index contributed by atoms with van der Waals surface area (Å²) in [7, 11) is 0. The highest BCUT2D eigenvalue weighted by atomic mass is 15.0. The maximum absolute atomic E-state index is 2.39. The molecule has 0 N–H and O–H groups in total. The van der Waals surface area contributed by atoms with Crippen LogP contribution in [0, 0.1) is 0 Å². The van der Waals surface area contributed by atoms with Gasteiger partial charge in [-0.3, -0.25) is 0 Å². The third-order valence-corrected chi connectivity index (χ3v) is 13.3. The number of para-hydroxylation sites is 4. The molecular formula is C62H40N2. The Morgan fingerprint density at radius 2 is 0.516 bits per heavy atom. The van der Waals surface area contributed by atoms with Crippen LogP contribution in [0.15, 0.2) is 243 Å². The van der Waals surface area contributed by atoms with Crippen molar-refractivity contribution in [3.05, 3.63) is 243 Å². The van der Waals surface area contributed by atoms with Gasteiger partial charge in [0.1, 0.15) is 0 Å². The molecule has 0 spiro atoms. The highest BCUT2D eigenvalue weighted by Crippen LogP contribution is 2.39. The van der Waals surface area contributed by atoms with Gasteiger partial charge in [0.05, 0.1) is 22.1 Å². The molecule has 0 aliphatic rings. The topological polar surface area (TPSA) is 9.86 Å². The van der Waals surface area contributed by atoms with Gasteiger partial charge in [-0.05, 0) is 139 Å². The molecule has 0 amide bonds. The number of nitrogens with zero attached hydrogens (tertiary/aromatic N) is 2. The highest BCUT2D eigenvalue weighted by Gasteiger charge is 2.16. The van der Waals surface area contributed by atoms with Gasteiger partial charge in [-0.25, -0.2) is 0 Å². The summed E-state index contributed by atoms with van der Waals surface area (Å²) in [6, 6.07) is 89.0. The van der Waals surface area contributed by atoms with E-state index in [4.69, 9.17) is 0 Å². The Balaban J connectivity index is 0.880. The van der Waals surface area contributed by atoms with Gasteiger partial charge in [-0.15, -0.1) is 0 Å². The van der Waals surface area contributed by atoms with Crippen molar-refractivity contribution in [3.63, 3.8) is 0 Å². The largest absolute Gasteiger partial charge is 0.309 e. The lowest BCUT2D eigenvalue weighted by atomic mass is 9.93. The first kappa shape index (κ1) is 36.2. The molecule has 0 aliphatic carbocycles. The summed E-state index contributed by atoms with van der Waals surface area (Å²) < 4.78 is 4.78. The summed E-state index contributed by atoms with van der Waals surface area (Å²) >= 11 is 0. The molecule has 0 atom stereocenters. The van der Waals surface area contributed by atoms with Gasteiger partial charge >= 0.3 is 0 Å². The van der Waals surface area contributed by atoms with Gasteiger partial charge in [0, 0.05) is 32.9 Å². The second-order valence-electron chi connectivity index (χ2n) is 16.9. The molecule has 0 aliphatic heterocycles. The molecular weight excluding hydrogens is 773 g/mol. The molecule has 0 radical (unpaired) electrons. The summed E-state index contributed by atoms with van der Waals surface area (Å²) in [6.07, 6.45) is 0. The van der Waals surface area contributed by atoms with Crippen LogP contribution < -0.4 is 0 Å². The van der Waals surface area contributed by atoms with Crippen LogP contribution in [0.5, 0.6) is 0 Å². The fourth-order valence-electron chi connectivity index (χ4n) is 10.2. The van der Waals surface area contributed by atoms with E-state index in [1.165, 1.54) is 121 Å². The summed E-state index contributed by atoms with van der Waals surface area (Å²) in [5, 5.41) is 10.0. The van der Waals surface area contributed by atoms with Crippen molar-refractivity contribution < 1.29 is 0 Å². The van der Waals surface area contributed by atoms with E-state index in [0.29, 0.717) is 0 Å². The van der Waals surface area contributed by atoms with Crippen LogP contribution >= 0.6 is 0 Å². The summed E-state index contributed by atoms with van der Waals surface area (Å²) in [6.45, 7) is 0. The van der Waals surface area contributed by atoms with Gasteiger partial charge in [-0.1, -0.05) is 170 Å². The van der Waals surface area contributed by atoms with Crippen molar-refractivity contribution in [1.82, 2.24) is 9.13 Å². The van der Waals surface area contributed by atoms with Crippen LogP contribution in [-0.2, 0) is 0 Å². The average Bonchev–Trinajstić information content (AvgIpc) is 3.89. The molecule has 64 heavy (non-hydrogen) atoms. The van der Waals surface area contributed by atoms with Gasteiger partial charge in [0.25, 0.3) is 0 Å². The predicted molar refractivity (Wildman–Crippen MR) is 272 cm³/mol. The number of aromatic nitrogens is 2. The van der Waals surface area contributed by atoms with Crippen molar-refractivity contribution >= 4 is 65.2 Å². The minimum Gasteiger partial charge on any atom is -0.309 e.